The first-order valence-corrected chi connectivity index (χ1v) is 16.6. The van der Waals surface area contributed by atoms with Crippen LogP contribution in [0.15, 0.2) is 12.2 Å². The molecule has 4 bridgehead atoms. The van der Waals surface area contributed by atoms with E-state index in [1.54, 1.807) is 0 Å². The number of allylic oxidation sites excluding steroid dienone is 2. The highest BCUT2D eigenvalue weighted by atomic mass is 16.6. The van der Waals surface area contributed by atoms with Crippen LogP contribution in [0.25, 0.3) is 0 Å². The fourth-order valence-electron chi connectivity index (χ4n) is 15.3. The van der Waals surface area contributed by atoms with Gasteiger partial charge >= 0.3 is 5.97 Å². The normalized spacial score (nSPS) is 64.6. The summed E-state index contributed by atoms with van der Waals surface area (Å²) in [5, 5.41) is 34.2. The molecule has 0 aromatic heterocycles. The number of carboxylic acids is 1. The molecule has 1 aliphatic heterocycles. The summed E-state index contributed by atoms with van der Waals surface area (Å²) in [7, 11) is 0. The molecule has 5 nitrogen and oxygen atoms in total. The van der Waals surface area contributed by atoms with Crippen molar-refractivity contribution in [3.63, 3.8) is 0 Å². The van der Waals surface area contributed by atoms with E-state index in [9.17, 15) is 20.1 Å². The van der Waals surface area contributed by atoms with Gasteiger partial charge in [0.2, 0.25) is 0 Å². The maximum absolute atomic E-state index is 12.6. The van der Waals surface area contributed by atoms with E-state index < -0.39 is 17.2 Å². The summed E-state index contributed by atoms with van der Waals surface area (Å²) >= 11 is 0. The maximum Gasteiger partial charge on any atom is 0.309 e. The van der Waals surface area contributed by atoms with Gasteiger partial charge in [-0.2, -0.15) is 0 Å². The average Bonchev–Trinajstić information content (AvgIpc) is 3.08. The van der Waals surface area contributed by atoms with Crippen molar-refractivity contribution in [3.05, 3.63) is 12.2 Å². The van der Waals surface area contributed by atoms with Crippen molar-refractivity contribution in [2.45, 2.75) is 117 Å². The van der Waals surface area contributed by atoms with Crippen LogP contribution in [-0.2, 0) is 9.53 Å². The van der Waals surface area contributed by atoms with Gasteiger partial charge in [-0.15, -0.1) is 0 Å². The van der Waals surface area contributed by atoms with Crippen molar-refractivity contribution in [1.29, 1.82) is 0 Å². The van der Waals surface area contributed by atoms with Gasteiger partial charge in [-0.05, 0) is 117 Å². The monoisotopic (exact) mass is 552 g/mol. The van der Waals surface area contributed by atoms with Crippen molar-refractivity contribution in [2.24, 2.45) is 67.0 Å². The standard InChI is InChI=1S/C35H52O5/c1-22-32-12-8-24-29(4)16-15-27(2)13-14-28(3,26(37)38)18-25(27)30(29,5)17-23-7-11-31(19-34(22,39)40-21-32)9-6-10-33(23,24)35(31,32)20-36/h6,9,22-25,36,39H,7-8,10-21H2,1-5H3,(H,37,38). The fraction of sp³-hybridized carbons (Fsp3) is 0.914. The third-order valence-electron chi connectivity index (χ3n) is 17.4. The first kappa shape index (κ1) is 26.7. The number of hydrogen-bond acceptors (Lipinski definition) is 4. The number of aliphatic carboxylic acids is 1. The molecule has 3 N–H and O–H groups in total. The molecular formula is C35H52O5. The number of fused-ring (bicyclic) bond motifs is 5. The summed E-state index contributed by atoms with van der Waals surface area (Å²) in [6, 6.07) is 0. The van der Waals surface area contributed by atoms with E-state index in [0.717, 1.165) is 57.8 Å². The first-order valence-electron chi connectivity index (χ1n) is 16.6. The van der Waals surface area contributed by atoms with Crippen LogP contribution in [0.4, 0.5) is 0 Å². The first-order chi connectivity index (χ1) is 18.7. The highest BCUT2D eigenvalue weighted by molar-refractivity contribution is 5.74. The number of hydrogen-bond donors (Lipinski definition) is 3. The largest absolute Gasteiger partial charge is 0.481 e. The quantitative estimate of drug-likeness (QED) is 0.337. The van der Waals surface area contributed by atoms with E-state index in [1.165, 1.54) is 12.8 Å². The third-order valence-corrected chi connectivity index (χ3v) is 17.4. The molecule has 7 aliphatic carbocycles. The van der Waals surface area contributed by atoms with Gasteiger partial charge in [0, 0.05) is 28.6 Å². The van der Waals surface area contributed by atoms with Crippen LogP contribution in [-0.4, -0.2) is 40.3 Å². The molecule has 5 heteroatoms. The molecule has 13 unspecified atom stereocenters. The summed E-state index contributed by atoms with van der Waals surface area (Å²) in [4.78, 5) is 12.6. The van der Waals surface area contributed by atoms with Crippen LogP contribution >= 0.6 is 0 Å². The van der Waals surface area contributed by atoms with Crippen LogP contribution in [0, 0.1) is 67.0 Å². The van der Waals surface area contributed by atoms with Gasteiger partial charge in [0.05, 0.1) is 18.6 Å². The molecule has 8 aliphatic rings. The van der Waals surface area contributed by atoms with Crippen molar-refractivity contribution >= 4 is 5.97 Å². The molecule has 1 heterocycles. The lowest BCUT2D eigenvalue weighted by molar-refractivity contribution is -0.377. The Morgan fingerprint density at radius 1 is 0.950 bits per heavy atom. The number of aliphatic hydroxyl groups is 2. The molecule has 6 saturated carbocycles. The number of ether oxygens (including phenoxy) is 1. The summed E-state index contributed by atoms with van der Waals surface area (Å²) in [6.45, 7) is 12.7. The van der Waals surface area contributed by atoms with Crippen LogP contribution < -0.4 is 0 Å². The lowest BCUT2D eigenvalue weighted by atomic mass is 9.19. The molecule has 7 fully saturated rings. The van der Waals surface area contributed by atoms with Crippen LogP contribution in [0.2, 0.25) is 0 Å². The summed E-state index contributed by atoms with van der Waals surface area (Å²) in [5.74, 6) is -0.271. The minimum Gasteiger partial charge on any atom is -0.481 e. The predicted molar refractivity (Wildman–Crippen MR) is 152 cm³/mol. The summed E-state index contributed by atoms with van der Waals surface area (Å²) in [6.07, 6.45) is 17.1. The van der Waals surface area contributed by atoms with Gasteiger partial charge in [0.25, 0.3) is 0 Å². The Bertz CT molecular complexity index is 1210. The Balaban J connectivity index is 1.33. The lowest BCUT2D eigenvalue weighted by Gasteiger charge is -2.84. The predicted octanol–water partition coefficient (Wildman–Crippen LogP) is 6.57. The van der Waals surface area contributed by atoms with E-state index in [2.05, 4.69) is 39.8 Å². The van der Waals surface area contributed by atoms with Gasteiger partial charge < -0.3 is 20.1 Å². The molecule has 13 atom stereocenters. The van der Waals surface area contributed by atoms with Crippen LogP contribution in [0.1, 0.15) is 112 Å². The molecule has 2 spiro atoms. The highest BCUT2D eigenvalue weighted by Crippen LogP contribution is 2.90. The van der Waals surface area contributed by atoms with Crippen LogP contribution in [0.3, 0.4) is 0 Å². The van der Waals surface area contributed by atoms with Crippen molar-refractivity contribution in [1.82, 2.24) is 0 Å². The Morgan fingerprint density at radius 2 is 1.70 bits per heavy atom. The Labute approximate surface area is 240 Å². The van der Waals surface area contributed by atoms with E-state index in [1.807, 2.05) is 6.92 Å². The van der Waals surface area contributed by atoms with E-state index in [-0.39, 0.29) is 50.4 Å². The SMILES string of the molecule is CC1C2(O)CC34C=CCC56C(CC3)CC3(C)C7CC(C)(C(=O)O)CCC7(C)CCC3(C)C5CCC1(CO2)C46CO. The average molecular weight is 553 g/mol. The summed E-state index contributed by atoms with van der Waals surface area (Å²) in [5.41, 5.74) is -0.943. The van der Waals surface area contributed by atoms with Gasteiger partial charge in [-0.25, -0.2) is 0 Å². The Hall–Kier alpha value is -0.910. The zero-order chi connectivity index (χ0) is 28.4. The Kier molecular flexibility index (Phi) is 4.83. The minimum atomic E-state index is -1.09. The van der Waals surface area contributed by atoms with Crippen molar-refractivity contribution < 1.29 is 24.9 Å². The molecule has 8 rings (SSSR count). The number of carbonyl (C=O) groups is 1. The Morgan fingerprint density at radius 3 is 2.42 bits per heavy atom. The summed E-state index contributed by atoms with van der Waals surface area (Å²) < 4.78 is 6.43. The van der Waals surface area contributed by atoms with E-state index in [4.69, 9.17) is 4.74 Å². The highest BCUT2D eigenvalue weighted by Gasteiger charge is 2.87. The second-order valence-electron chi connectivity index (χ2n) is 17.7. The molecular weight excluding hydrogens is 500 g/mol. The molecule has 0 aromatic rings. The van der Waals surface area contributed by atoms with Crippen molar-refractivity contribution in [2.75, 3.05) is 13.2 Å². The second kappa shape index (κ2) is 7.24. The maximum atomic E-state index is 12.6. The van der Waals surface area contributed by atoms with Crippen molar-refractivity contribution in [3.8, 4) is 0 Å². The smallest absolute Gasteiger partial charge is 0.309 e. The van der Waals surface area contributed by atoms with Gasteiger partial charge in [-0.3, -0.25) is 4.79 Å². The van der Waals surface area contributed by atoms with E-state index >= 15 is 0 Å². The van der Waals surface area contributed by atoms with E-state index in [0.29, 0.717) is 30.8 Å². The molecule has 0 radical (unpaired) electrons. The molecule has 0 aromatic carbocycles. The second-order valence-corrected chi connectivity index (χ2v) is 17.7. The fourth-order valence-corrected chi connectivity index (χ4v) is 15.3. The molecule has 40 heavy (non-hydrogen) atoms. The number of rotatable bonds is 2. The van der Waals surface area contributed by atoms with Crippen LogP contribution in [0.5, 0.6) is 0 Å². The third kappa shape index (κ3) is 2.36. The number of carboxylic acid groups (broad SMARTS) is 1. The van der Waals surface area contributed by atoms with Gasteiger partial charge in [-0.1, -0.05) is 39.8 Å². The van der Waals surface area contributed by atoms with Gasteiger partial charge in [0.1, 0.15) is 0 Å². The molecule has 222 valence electrons. The zero-order valence-electron chi connectivity index (χ0n) is 25.5. The minimum absolute atomic E-state index is 0.00304. The topological polar surface area (TPSA) is 87.0 Å². The molecule has 1 saturated heterocycles. The zero-order valence-corrected chi connectivity index (χ0v) is 25.5. The number of aliphatic hydroxyl groups excluding tert-OH is 1. The molecule has 0 amide bonds. The lowest BCUT2D eigenvalue weighted by Crippen LogP contribution is -2.81. The van der Waals surface area contributed by atoms with Gasteiger partial charge in [0.15, 0.2) is 5.79 Å².